The third-order valence-corrected chi connectivity index (χ3v) is 5.18. The molecule has 0 spiro atoms. The normalized spacial score (nSPS) is 14.5. The molecule has 5 nitrogen and oxygen atoms in total. The number of halogens is 2. The molecule has 3 rings (SSSR count). The maximum atomic E-state index is 12.4. The van der Waals surface area contributed by atoms with Crippen LogP contribution in [0.5, 0.6) is 11.5 Å². The molecule has 0 saturated carbocycles. The van der Waals surface area contributed by atoms with E-state index in [0.29, 0.717) is 12.2 Å². The van der Waals surface area contributed by atoms with Crippen molar-refractivity contribution in [1.29, 1.82) is 0 Å². The fourth-order valence-corrected chi connectivity index (χ4v) is 3.33. The minimum atomic E-state index is -0.0440. The molecule has 1 saturated heterocycles. The highest BCUT2D eigenvalue weighted by Gasteiger charge is 2.12. The highest BCUT2D eigenvalue weighted by molar-refractivity contribution is 6.07. The number of benzene rings is 2. The number of hydrogen-bond donors (Lipinski definition) is 0. The zero-order valence-electron chi connectivity index (χ0n) is 18.2. The van der Waals surface area contributed by atoms with E-state index in [2.05, 4.69) is 16.8 Å². The lowest BCUT2D eigenvalue weighted by Crippen LogP contribution is -2.44. The Hall–Kier alpha value is -2.05. The van der Waals surface area contributed by atoms with Crippen LogP contribution in [0.15, 0.2) is 54.6 Å². The maximum absolute atomic E-state index is 12.4. The molecule has 1 fully saturated rings. The van der Waals surface area contributed by atoms with Gasteiger partial charge in [-0.2, -0.15) is 0 Å². The summed E-state index contributed by atoms with van der Waals surface area (Å²) in [4.78, 5) is 17.3. The summed E-state index contributed by atoms with van der Waals surface area (Å²) in [6.45, 7) is 6.31. The van der Waals surface area contributed by atoms with Crippen molar-refractivity contribution in [3.05, 3.63) is 65.7 Å². The van der Waals surface area contributed by atoms with Gasteiger partial charge in [0, 0.05) is 43.9 Å². The first-order valence-corrected chi connectivity index (χ1v) is 10.1. The third-order valence-electron chi connectivity index (χ3n) is 5.18. The SMILES string of the molecule is COc1ccccc1/C=C/C(=O)c1ccc(OCCCN2CCN(C)CC2)cc1.Cl.Cl. The molecule has 1 aliphatic heterocycles. The fraction of sp³-hybridized carbons (Fsp3) is 0.375. The monoisotopic (exact) mass is 466 g/mol. The second-order valence-corrected chi connectivity index (χ2v) is 7.31. The first-order chi connectivity index (χ1) is 14.2. The molecule has 1 aliphatic rings. The van der Waals surface area contributed by atoms with Crippen LogP contribution >= 0.6 is 24.8 Å². The van der Waals surface area contributed by atoms with Crippen LogP contribution in [0.4, 0.5) is 0 Å². The van der Waals surface area contributed by atoms with Gasteiger partial charge >= 0.3 is 0 Å². The second kappa shape index (κ2) is 14.1. The van der Waals surface area contributed by atoms with E-state index in [1.807, 2.05) is 48.5 Å². The standard InChI is InChI=1S/C24H30N2O3.2ClH/c1-25-15-17-26(18-16-25)14-5-19-29-22-11-8-20(9-12-22)23(27)13-10-21-6-3-4-7-24(21)28-2;;/h3-4,6-13H,5,14-19H2,1-2H3;2*1H/b13-10+;;. The number of hydrogen-bond acceptors (Lipinski definition) is 5. The van der Waals surface area contributed by atoms with Crippen molar-refractivity contribution in [2.24, 2.45) is 0 Å². The Bertz CT molecular complexity index is 820. The van der Waals surface area contributed by atoms with E-state index < -0.39 is 0 Å². The van der Waals surface area contributed by atoms with Crippen molar-refractivity contribution in [3.8, 4) is 11.5 Å². The third kappa shape index (κ3) is 8.54. The summed E-state index contributed by atoms with van der Waals surface area (Å²) in [7, 11) is 3.79. The highest BCUT2D eigenvalue weighted by Crippen LogP contribution is 2.19. The number of nitrogens with zero attached hydrogens (tertiary/aromatic N) is 2. The number of carbonyl (C=O) groups excluding carboxylic acids is 1. The Morgan fingerprint density at radius 3 is 2.35 bits per heavy atom. The molecule has 0 amide bonds. The van der Waals surface area contributed by atoms with Crippen LogP contribution in [0.25, 0.3) is 6.08 Å². The molecule has 0 unspecified atom stereocenters. The van der Waals surface area contributed by atoms with E-state index in [0.717, 1.165) is 56.2 Å². The molecule has 31 heavy (non-hydrogen) atoms. The van der Waals surface area contributed by atoms with Crippen molar-refractivity contribution < 1.29 is 14.3 Å². The van der Waals surface area contributed by atoms with Gasteiger partial charge in [-0.3, -0.25) is 4.79 Å². The molecule has 0 bridgehead atoms. The van der Waals surface area contributed by atoms with Gasteiger partial charge < -0.3 is 19.3 Å². The number of likely N-dealkylation sites (N-methyl/N-ethyl adjacent to an activating group) is 1. The van der Waals surface area contributed by atoms with E-state index in [1.165, 1.54) is 0 Å². The number of methoxy groups -OCH3 is 1. The second-order valence-electron chi connectivity index (χ2n) is 7.31. The van der Waals surface area contributed by atoms with E-state index in [9.17, 15) is 4.79 Å². The molecule has 2 aromatic carbocycles. The molecule has 1 heterocycles. The highest BCUT2D eigenvalue weighted by atomic mass is 35.5. The minimum absolute atomic E-state index is 0. The number of para-hydroxylation sites is 1. The first kappa shape index (κ1) is 27.0. The number of rotatable bonds is 9. The minimum Gasteiger partial charge on any atom is -0.496 e. The van der Waals surface area contributed by atoms with Crippen molar-refractivity contribution in [2.45, 2.75) is 6.42 Å². The molecule has 2 aromatic rings. The average Bonchev–Trinajstić information content (AvgIpc) is 2.77. The van der Waals surface area contributed by atoms with Crippen LogP contribution in [0.2, 0.25) is 0 Å². The van der Waals surface area contributed by atoms with Crippen molar-refractivity contribution in [2.75, 3.05) is 53.5 Å². The zero-order chi connectivity index (χ0) is 20.5. The van der Waals surface area contributed by atoms with Gasteiger partial charge in [0.05, 0.1) is 13.7 Å². The van der Waals surface area contributed by atoms with E-state index in [-0.39, 0.29) is 30.6 Å². The Balaban J connectivity index is 0.00000240. The number of allylic oxidation sites excluding steroid dienone is 1. The van der Waals surface area contributed by atoms with E-state index in [1.54, 1.807) is 19.3 Å². The van der Waals surface area contributed by atoms with E-state index in [4.69, 9.17) is 9.47 Å². The molecular weight excluding hydrogens is 435 g/mol. The van der Waals surface area contributed by atoms with Crippen LogP contribution in [0.1, 0.15) is 22.3 Å². The Kier molecular flexibility index (Phi) is 12.3. The van der Waals surface area contributed by atoms with Crippen LogP contribution < -0.4 is 9.47 Å². The van der Waals surface area contributed by atoms with E-state index >= 15 is 0 Å². The van der Waals surface area contributed by atoms with Crippen molar-refractivity contribution in [3.63, 3.8) is 0 Å². The average molecular weight is 467 g/mol. The molecule has 0 radical (unpaired) electrons. The van der Waals surface area contributed by atoms with Gasteiger partial charge in [0.25, 0.3) is 0 Å². The van der Waals surface area contributed by atoms with Crippen LogP contribution in [-0.4, -0.2) is 69.1 Å². The number of ketones is 1. The lowest BCUT2D eigenvalue weighted by Gasteiger charge is -2.32. The lowest BCUT2D eigenvalue weighted by molar-refractivity contribution is 0.104. The Morgan fingerprint density at radius 2 is 1.68 bits per heavy atom. The number of carbonyl (C=O) groups is 1. The quantitative estimate of drug-likeness (QED) is 0.310. The Labute approximate surface area is 197 Å². The Morgan fingerprint density at radius 1 is 1.00 bits per heavy atom. The number of piperazine rings is 1. The van der Waals surface area contributed by atoms with Gasteiger partial charge in [-0.15, -0.1) is 24.8 Å². The van der Waals surface area contributed by atoms with Gasteiger partial charge in [-0.05, 0) is 56.0 Å². The summed E-state index contributed by atoms with van der Waals surface area (Å²) in [6, 6.07) is 15.0. The molecule has 0 aromatic heterocycles. The van der Waals surface area contributed by atoms with Gasteiger partial charge in [-0.1, -0.05) is 18.2 Å². The summed E-state index contributed by atoms with van der Waals surface area (Å²) < 4.78 is 11.1. The summed E-state index contributed by atoms with van der Waals surface area (Å²) >= 11 is 0. The van der Waals surface area contributed by atoms with Gasteiger partial charge in [0.2, 0.25) is 0 Å². The van der Waals surface area contributed by atoms with Crippen LogP contribution in [-0.2, 0) is 0 Å². The predicted octanol–water partition coefficient (Wildman–Crippen LogP) is 4.45. The summed E-state index contributed by atoms with van der Waals surface area (Å²) in [5.41, 5.74) is 1.52. The first-order valence-electron chi connectivity index (χ1n) is 10.1. The summed E-state index contributed by atoms with van der Waals surface area (Å²) in [6.07, 6.45) is 4.36. The van der Waals surface area contributed by atoms with Crippen LogP contribution in [0.3, 0.4) is 0 Å². The van der Waals surface area contributed by atoms with Crippen LogP contribution in [0, 0.1) is 0 Å². The van der Waals surface area contributed by atoms with Gasteiger partial charge in [0.15, 0.2) is 5.78 Å². The molecule has 7 heteroatoms. The topological polar surface area (TPSA) is 42.0 Å². The lowest BCUT2D eigenvalue weighted by atomic mass is 10.1. The smallest absolute Gasteiger partial charge is 0.185 e. The van der Waals surface area contributed by atoms with Crippen molar-refractivity contribution >= 4 is 36.7 Å². The fourth-order valence-electron chi connectivity index (χ4n) is 3.33. The molecule has 0 N–H and O–H groups in total. The predicted molar refractivity (Wildman–Crippen MR) is 131 cm³/mol. The molecule has 0 aliphatic carbocycles. The maximum Gasteiger partial charge on any atom is 0.185 e. The van der Waals surface area contributed by atoms with Gasteiger partial charge in [-0.25, -0.2) is 0 Å². The summed E-state index contributed by atoms with van der Waals surface area (Å²) in [5, 5.41) is 0. The molecular formula is C24H32Cl2N2O3. The zero-order valence-corrected chi connectivity index (χ0v) is 19.8. The molecule has 0 atom stereocenters. The largest absolute Gasteiger partial charge is 0.496 e. The summed E-state index contributed by atoms with van der Waals surface area (Å²) in [5.74, 6) is 1.50. The molecule has 170 valence electrons. The van der Waals surface area contributed by atoms with Gasteiger partial charge in [0.1, 0.15) is 11.5 Å². The number of ether oxygens (including phenoxy) is 2. The van der Waals surface area contributed by atoms with Crippen molar-refractivity contribution in [1.82, 2.24) is 9.80 Å².